The molecular weight excluding hydrogens is 157 g/mol. The first-order valence-corrected chi connectivity index (χ1v) is 3.88. The van der Waals surface area contributed by atoms with E-state index in [9.17, 15) is 4.39 Å². The maximum atomic E-state index is 13.3. The molecule has 1 aromatic carbocycles. The minimum absolute atomic E-state index is 0.198. The number of anilines is 1. The third kappa shape index (κ3) is 1.22. The Kier molecular flexibility index (Phi) is 1.46. The lowest BCUT2D eigenvalue weighted by molar-refractivity contribution is -0.0362. The minimum atomic E-state index is -1.59. The molecule has 2 nitrogen and oxygen atoms in total. The zero-order valence-corrected chi connectivity index (χ0v) is 6.80. The summed E-state index contributed by atoms with van der Waals surface area (Å²) >= 11 is 0. The van der Waals surface area contributed by atoms with Crippen molar-refractivity contribution in [3.05, 3.63) is 24.3 Å². The van der Waals surface area contributed by atoms with Crippen molar-refractivity contribution in [2.24, 2.45) is 0 Å². The van der Waals surface area contributed by atoms with Gasteiger partial charge in [-0.05, 0) is 12.1 Å². The second-order valence-electron chi connectivity index (χ2n) is 3.05. The standard InChI is InChI=1S/C9H10FNO/c1-9(10)6-11-7-4-2-3-5-8(7)12-9/h2-5,11H,6H2,1H3. The number of hydrogen-bond acceptors (Lipinski definition) is 2. The van der Waals surface area contributed by atoms with E-state index in [2.05, 4.69) is 5.32 Å². The summed E-state index contributed by atoms with van der Waals surface area (Å²) in [4.78, 5) is 0. The molecule has 0 saturated heterocycles. The summed E-state index contributed by atoms with van der Waals surface area (Å²) in [5, 5.41) is 2.95. The molecule has 1 N–H and O–H groups in total. The molecule has 1 aromatic rings. The maximum Gasteiger partial charge on any atom is 0.262 e. The molecule has 64 valence electrons. The molecule has 12 heavy (non-hydrogen) atoms. The van der Waals surface area contributed by atoms with Crippen molar-refractivity contribution in [1.82, 2.24) is 0 Å². The van der Waals surface area contributed by atoms with Gasteiger partial charge in [-0.1, -0.05) is 12.1 Å². The molecule has 0 spiro atoms. The summed E-state index contributed by atoms with van der Waals surface area (Å²) < 4.78 is 18.4. The summed E-state index contributed by atoms with van der Waals surface area (Å²) in [6.45, 7) is 1.61. The van der Waals surface area contributed by atoms with Gasteiger partial charge in [0.2, 0.25) is 0 Å². The molecule has 1 aliphatic heterocycles. The average molecular weight is 167 g/mol. The van der Waals surface area contributed by atoms with Crippen LogP contribution in [-0.2, 0) is 0 Å². The largest absolute Gasteiger partial charge is 0.454 e. The Morgan fingerprint density at radius 1 is 1.50 bits per heavy atom. The number of fused-ring (bicyclic) bond motifs is 1. The van der Waals surface area contributed by atoms with Crippen molar-refractivity contribution < 1.29 is 9.13 Å². The number of halogens is 1. The highest BCUT2D eigenvalue weighted by atomic mass is 19.2. The second-order valence-corrected chi connectivity index (χ2v) is 3.05. The summed E-state index contributed by atoms with van der Waals surface area (Å²) in [7, 11) is 0. The van der Waals surface area contributed by atoms with Gasteiger partial charge >= 0.3 is 0 Å². The first-order chi connectivity index (χ1) is 5.67. The van der Waals surface area contributed by atoms with Crippen LogP contribution in [-0.4, -0.2) is 12.4 Å². The van der Waals surface area contributed by atoms with Crippen LogP contribution in [0.2, 0.25) is 0 Å². The van der Waals surface area contributed by atoms with Gasteiger partial charge in [-0.25, -0.2) is 0 Å². The normalized spacial score (nSPS) is 26.8. The van der Waals surface area contributed by atoms with Crippen molar-refractivity contribution in [3.63, 3.8) is 0 Å². The van der Waals surface area contributed by atoms with E-state index < -0.39 is 5.85 Å². The molecule has 3 heteroatoms. The van der Waals surface area contributed by atoms with Crippen molar-refractivity contribution in [3.8, 4) is 5.75 Å². The molecule has 1 aliphatic rings. The Labute approximate surface area is 70.3 Å². The van der Waals surface area contributed by atoms with Crippen LogP contribution in [0.25, 0.3) is 0 Å². The number of hydrogen-bond donors (Lipinski definition) is 1. The molecule has 0 radical (unpaired) electrons. The quantitative estimate of drug-likeness (QED) is 0.639. The summed E-state index contributed by atoms with van der Waals surface area (Å²) in [5.41, 5.74) is 0.854. The molecule has 0 amide bonds. The predicted octanol–water partition coefficient (Wildman–Crippen LogP) is 2.18. The van der Waals surface area contributed by atoms with Crippen LogP contribution >= 0.6 is 0 Å². The number of alkyl halides is 1. The third-order valence-electron chi connectivity index (χ3n) is 1.80. The fourth-order valence-electron chi connectivity index (χ4n) is 1.22. The molecule has 0 aromatic heterocycles. The summed E-state index contributed by atoms with van der Waals surface area (Å²) in [6, 6.07) is 7.32. The highest BCUT2D eigenvalue weighted by Crippen LogP contribution is 2.32. The SMILES string of the molecule is CC1(F)CNc2ccccc2O1. The van der Waals surface area contributed by atoms with Crippen LogP contribution in [0, 0.1) is 0 Å². The molecule has 0 saturated carbocycles. The van der Waals surface area contributed by atoms with Gasteiger partial charge in [-0.15, -0.1) is 0 Å². The lowest BCUT2D eigenvalue weighted by atomic mass is 10.2. The van der Waals surface area contributed by atoms with Crippen LogP contribution in [0.1, 0.15) is 6.92 Å². The number of para-hydroxylation sites is 2. The van der Waals surface area contributed by atoms with Gasteiger partial charge in [-0.3, -0.25) is 0 Å². The van der Waals surface area contributed by atoms with E-state index in [-0.39, 0.29) is 6.54 Å². The van der Waals surface area contributed by atoms with Gasteiger partial charge in [0, 0.05) is 6.92 Å². The first-order valence-electron chi connectivity index (χ1n) is 3.88. The second kappa shape index (κ2) is 2.37. The van der Waals surface area contributed by atoms with Crippen LogP contribution in [0.5, 0.6) is 5.75 Å². The van der Waals surface area contributed by atoms with Crippen LogP contribution < -0.4 is 10.1 Å². The number of benzene rings is 1. The first kappa shape index (κ1) is 7.40. The molecule has 0 fully saturated rings. The molecule has 1 unspecified atom stereocenters. The Morgan fingerprint density at radius 3 is 3.08 bits per heavy atom. The summed E-state index contributed by atoms with van der Waals surface area (Å²) in [6.07, 6.45) is 0. The highest BCUT2D eigenvalue weighted by molar-refractivity contribution is 5.57. The Bertz CT molecular complexity index is 298. The minimum Gasteiger partial charge on any atom is -0.454 e. The van der Waals surface area contributed by atoms with Gasteiger partial charge in [0.05, 0.1) is 12.2 Å². The van der Waals surface area contributed by atoms with Crippen molar-refractivity contribution in [1.29, 1.82) is 0 Å². The number of ether oxygens (including phenoxy) is 1. The molecule has 1 heterocycles. The fourth-order valence-corrected chi connectivity index (χ4v) is 1.22. The van der Waals surface area contributed by atoms with E-state index in [1.165, 1.54) is 6.92 Å². The molecule has 0 bridgehead atoms. The Hall–Kier alpha value is -1.25. The highest BCUT2D eigenvalue weighted by Gasteiger charge is 2.30. The van der Waals surface area contributed by atoms with Crippen LogP contribution in [0.15, 0.2) is 24.3 Å². The van der Waals surface area contributed by atoms with E-state index in [0.717, 1.165) is 5.69 Å². The van der Waals surface area contributed by atoms with E-state index in [1.807, 2.05) is 18.2 Å². The van der Waals surface area contributed by atoms with E-state index in [1.54, 1.807) is 6.07 Å². The zero-order chi connectivity index (χ0) is 8.60. The average Bonchev–Trinajstić information content (AvgIpc) is 2.02. The Morgan fingerprint density at radius 2 is 2.25 bits per heavy atom. The van der Waals surface area contributed by atoms with Gasteiger partial charge in [-0.2, -0.15) is 4.39 Å². The topological polar surface area (TPSA) is 21.3 Å². The molecular formula is C9H10FNO. The predicted molar refractivity (Wildman–Crippen MR) is 45.1 cm³/mol. The van der Waals surface area contributed by atoms with E-state index in [0.29, 0.717) is 5.75 Å². The van der Waals surface area contributed by atoms with Gasteiger partial charge in [0.15, 0.2) is 0 Å². The van der Waals surface area contributed by atoms with Gasteiger partial charge in [0.25, 0.3) is 5.85 Å². The van der Waals surface area contributed by atoms with Gasteiger partial charge in [0.1, 0.15) is 5.75 Å². The zero-order valence-electron chi connectivity index (χ0n) is 6.80. The number of rotatable bonds is 0. The number of nitrogens with one attached hydrogen (secondary N) is 1. The maximum absolute atomic E-state index is 13.3. The van der Waals surface area contributed by atoms with E-state index in [4.69, 9.17) is 4.74 Å². The van der Waals surface area contributed by atoms with Gasteiger partial charge < -0.3 is 10.1 Å². The smallest absolute Gasteiger partial charge is 0.262 e. The van der Waals surface area contributed by atoms with E-state index >= 15 is 0 Å². The molecule has 0 aliphatic carbocycles. The summed E-state index contributed by atoms with van der Waals surface area (Å²) in [5.74, 6) is -1.01. The lowest BCUT2D eigenvalue weighted by Crippen LogP contribution is -2.38. The molecule has 1 atom stereocenters. The van der Waals surface area contributed by atoms with Crippen LogP contribution in [0.4, 0.5) is 10.1 Å². The Balaban J connectivity index is 2.35. The van der Waals surface area contributed by atoms with Crippen molar-refractivity contribution >= 4 is 5.69 Å². The fraction of sp³-hybridized carbons (Fsp3) is 0.333. The lowest BCUT2D eigenvalue weighted by Gasteiger charge is -2.29. The van der Waals surface area contributed by atoms with Crippen LogP contribution in [0.3, 0.4) is 0 Å². The third-order valence-corrected chi connectivity index (χ3v) is 1.80. The van der Waals surface area contributed by atoms with Crippen molar-refractivity contribution in [2.45, 2.75) is 12.8 Å². The monoisotopic (exact) mass is 167 g/mol. The molecule has 2 rings (SSSR count). The van der Waals surface area contributed by atoms with Crippen molar-refractivity contribution in [2.75, 3.05) is 11.9 Å².